The van der Waals surface area contributed by atoms with Gasteiger partial charge in [-0.1, -0.05) is 0 Å². The van der Waals surface area contributed by atoms with E-state index in [9.17, 15) is 17.6 Å². The predicted molar refractivity (Wildman–Crippen MR) is 82.0 cm³/mol. The fraction of sp³-hybridized carbons (Fsp3) is 0.167. The third-order valence-electron chi connectivity index (χ3n) is 2.80. The van der Waals surface area contributed by atoms with Gasteiger partial charge in [0.25, 0.3) is 0 Å². The maximum absolute atomic E-state index is 12.8. The Morgan fingerprint density at radius 3 is 2.48 bits per heavy atom. The number of rotatable bonds is 6. The Hall–Kier alpha value is -2.27. The van der Waals surface area contributed by atoms with Gasteiger partial charge < -0.3 is 10.4 Å². The van der Waals surface area contributed by atoms with Crippen LogP contribution < -0.4 is 5.32 Å². The monoisotopic (exact) mass is 358 g/mol. The number of sulfone groups is 1. The molecular weight excluding hydrogens is 347 g/mol. The van der Waals surface area contributed by atoms with Crippen molar-refractivity contribution in [3.05, 3.63) is 36.7 Å². The van der Waals surface area contributed by atoms with Crippen molar-refractivity contribution in [2.24, 2.45) is 0 Å². The van der Waals surface area contributed by atoms with Gasteiger partial charge in [-0.3, -0.25) is 4.79 Å². The van der Waals surface area contributed by atoms with Gasteiger partial charge in [0, 0.05) is 11.4 Å². The fourth-order valence-electron chi connectivity index (χ4n) is 1.67. The van der Waals surface area contributed by atoms with Gasteiger partial charge in [0.2, 0.25) is 5.95 Å². The number of carboxylic acid groups (broad SMARTS) is 1. The Bertz CT molecular complexity index is 814. The molecule has 0 amide bonds. The number of benzene rings is 1. The highest BCUT2D eigenvalue weighted by atomic mass is 32.2. The molecule has 2 N–H and O–H groups in total. The van der Waals surface area contributed by atoms with Crippen LogP contribution in [0.1, 0.15) is 0 Å². The largest absolute Gasteiger partial charge is 0.480 e. The molecule has 2 aromatic rings. The van der Waals surface area contributed by atoms with E-state index in [0.717, 1.165) is 6.33 Å². The average molecular weight is 358 g/mol. The summed E-state index contributed by atoms with van der Waals surface area (Å²) < 4.78 is 37.2. The molecule has 0 bridgehead atoms. The Labute approximate surface area is 136 Å². The molecule has 1 unspecified atom stereocenters. The Morgan fingerprint density at radius 2 is 1.96 bits per heavy atom. The van der Waals surface area contributed by atoms with Crippen LogP contribution in [0.25, 0.3) is 0 Å². The molecule has 2 rings (SSSR count). The zero-order valence-electron chi connectivity index (χ0n) is 11.4. The SMILES string of the molecule is O=C(O)C(CS)S(=O)(=O)c1ccc(Nc2ncnc(F)n2)cc1. The molecule has 1 aromatic carbocycles. The molecular formula is C12H11FN4O4S2. The number of aromatic nitrogens is 3. The number of carboxylic acids is 1. The molecule has 0 aliphatic carbocycles. The first-order valence-electron chi connectivity index (χ1n) is 6.14. The van der Waals surface area contributed by atoms with Crippen molar-refractivity contribution in [2.75, 3.05) is 11.1 Å². The molecule has 0 radical (unpaired) electrons. The topological polar surface area (TPSA) is 122 Å². The van der Waals surface area contributed by atoms with Crippen LogP contribution in [0.3, 0.4) is 0 Å². The van der Waals surface area contributed by atoms with Crippen molar-refractivity contribution in [1.29, 1.82) is 0 Å². The highest BCUT2D eigenvalue weighted by Gasteiger charge is 2.32. The number of thiol groups is 1. The number of aliphatic carboxylic acids is 1. The third-order valence-corrected chi connectivity index (χ3v) is 5.46. The van der Waals surface area contributed by atoms with E-state index in [4.69, 9.17) is 5.11 Å². The van der Waals surface area contributed by atoms with E-state index in [1.807, 2.05) is 0 Å². The van der Waals surface area contributed by atoms with Gasteiger partial charge in [-0.25, -0.2) is 13.4 Å². The Morgan fingerprint density at radius 1 is 1.30 bits per heavy atom. The summed E-state index contributed by atoms with van der Waals surface area (Å²) in [6.07, 6.45) is 0.0213. The number of halogens is 1. The number of anilines is 2. The van der Waals surface area contributed by atoms with E-state index < -0.39 is 27.1 Å². The molecule has 122 valence electrons. The molecule has 0 fully saturated rings. The van der Waals surface area contributed by atoms with Crippen LogP contribution in [0.2, 0.25) is 0 Å². The summed E-state index contributed by atoms with van der Waals surface area (Å²) in [4.78, 5) is 21.1. The van der Waals surface area contributed by atoms with Crippen LogP contribution >= 0.6 is 12.6 Å². The summed E-state index contributed by atoms with van der Waals surface area (Å²) in [5.41, 5.74) is 0.396. The van der Waals surface area contributed by atoms with E-state index in [-0.39, 0.29) is 16.6 Å². The van der Waals surface area contributed by atoms with Crippen molar-refractivity contribution in [1.82, 2.24) is 15.0 Å². The minimum atomic E-state index is -4.05. The van der Waals surface area contributed by atoms with Gasteiger partial charge in [0.05, 0.1) is 4.90 Å². The van der Waals surface area contributed by atoms with E-state index in [1.165, 1.54) is 24.3 Å². The maximum Gasteiger partial charge on any atom is 0.323 e. The number of hydrogen-bond acceptors (Lipinski definition) is 8. The lowest BCUT2D eigenvalue weighted by atomic mass is 10.3. The van der Waals surface area contributed by atoms with E-state index in [0.29, 0.717) is 5.69 Å². The van der Waals surface area contributed by atoms with Crippen molar-refractivity contribution in [3.8, 4) is 0 Å². The highest BCUT2D eigenvalue weighted by Crippen LogP contribution is 2.21. The van der Waals surface area contributed by atoms with E-state index >= 15 is 0 Å². The normalized spacial score (nSPS) is 12.6. The highest BCUT2D eigenvalue weighted by molar-refractivity contribution is 7.94. The first-order chi connectivity index (χ1) is 10.8. The van der Waals surface area contributed by atoms with Crippen molar-refractivity contribution in [3.63, 3.8) is 0 Å². The summed E-state index contributed by atoms with van der Waals surface area (Å²) in [5, 5.41) is 9.97. The van der Waals surface area contributed by atoms with Gasteiger partial charge in [-0.05, 0) is 24.3 Å². The minimum Gasteiger partial charge on any atom is -0.480 e. The van der Waals surface area contributed by atoms with Crippen LogP contribution in [0.15, 0.2) is 35.5 Å². The van der Waals surface area contributed by atoms with Crippen LogP contribution in [-0.4, -0.2) is 45.4 Å². The summed E-state index contributed by atoms with van der Waals surface area (Å²) in [6, 6.07) is 5.22. The van der Waals surface area contributed by atoms with Gasteiger partial charge in [-0.2, -0.15) is 27.0 Å². The van der Waals surface area contributed by atoms with Crippen molar-refractivity contribution < 1.29 is 22.7 Å². The molecule has 1 aromatic heterocycles. The standard InChI is InChI=1S/C12H11FN4O4S2/c13-11-14-6-15-12(17-11)16-7-1-3-8(4-2-7)23(20,21)9(5-22)10(18)19/h1-4,6,9,22H,5H2,(H,18,19)(H,14,15,16,17). The summed E-state index contributed by atoms with van der Waals surface area (Å²) in [5.74, 6) is -1.86. The number of nitrogens with one attached hydrogen (secondary N) is 1. The summed E-state index contributed by atoms with van der Waals surface area (Å²) in [7, 11) is -4.05. The van der Waals surface area contributed by atoms with Crippen LogP contribution in [-0.2, 0) is 14.6 Å². The quantitative estimate of drug-likeness (QED) is 0.651. The van der Waals surface area contributed by atoms with Crippen LogP contribution in [0.5, 0.6) is 0 Å². The molecule has 11 heteroatoms. The lowest BCUT2D eigenvalue weighted by Crippen LogP contribution is -2.31. The molecule has 0 spiro atoms. The zero-order chi connectivity index (χ0) is 17.0. The first kappa shape index (κ1) is 17.1. The first-order valence-corrected chi connectivity index (χ1v) is 8.31. The van der Waals surface area contributed by atoms with Crippen molar-refractivity contribution >= 4 is 40.1 Å². The Balaban J connectivity index is 2.24. The molecule has 0 saturated heterocycles. The minimum absolute atomic E-state index is 0.0492. The second-order valence-electron chi connectivity index (χ2n) is 4.28. The van der Waals surface area contributed by atoms with Crippen LogP contribution in [0, 0.1) is 6.08 Å². The molecule has 1 heterocycles. The molecule has 8 nitrogen and oxygen atoms in total. The second kappa shape index (κ2) is 6.87. The second-order valence-corrected chi connectivity index (χ2v) is 6.78. The third kappa shape index (κ3) is 3.93. The smallest absolute Gasteiger partial charge is 0.323 e. The molecule has 0 saturated carbocycles. The molecule has 1 atom stereocenters. The predicted octanol–water partition coefficient (Wildman–Crippen LogP) is 0.911. The van der Waals surface area contributed by atoms with E-state index in [2.05, 4.69) is 32.9 Å². The maximum atomic E-state index is 12.8. The fourth-order valence-corrected chi connectivity index (χ4v) is 3.72. The van der Waals surface area contributed by atoms with Crippen molar-refractivity contribution in [2.45, 2.75) is 10.1 Å². The molecule has 0 aliphatic rings. The molecule has 23 heavy (non-hydrogen) atoms. The Kier molecular flexibility index (Phi) is 5.11. The number of nitrogens with zero attached hydrogens (tertiary/aromatic N) is 3. The zero-order valence-corrected chi connectivity index (χ0v) is 13.1. The number of carbonyl (C=O) groups is 1. The van der Waals surface area contributed by atoms with Gasteiger partial charge >= 0.3 is 12.0 Å². The summed E-state index contributed by atoms with van der Waals surface area (Å²) in [6.45, 7) is 0. The van der Waals surface area contributed by atoms with E-state index in [1.54, 1.807) is 0 Å². The lowest BCUT2D eigenvalue weighted by molar-refractivity contribution is -0.136. The van der Waals surface area contributed by atoms with Gasteiger partial charge in [0.15, 0.2) is 15.1 Å². The van der Waals surface area contributed by atoms with Crippen LogP contribution in [0.4, 0.5) is 16.0 Å². The lowest BCUT2D eigenvalue weighted by Gasteiger charge is -2.11. The van der Waals surface area contributed by atoms with Gasteiger partial charge in [-0.15, -0.1) is 0 Å². The average Bonchev–Trinajstić information content (AvgIpc) is 2.47. The summed E-state index contributed by atoms with van der Waals surface area (Å²) >= 11 is 3.76. The van der Waals surface area contributed by atoms with Gasteiger partial charge in [0.1, 0.15) is 6.33 Å². The molecule has 0 aliphatic heterocycles. The number of hydrogen-bond donors (Lipinski definition) is 3.